The van der Waals surface area contributed by atoms with Crippen molar-refractivity contribution in [2.24, 2.45) is 11.8 Å². The van der Waals surface area contributed by atoms with E-state index in [2.05, 4.69) is 0 Å². The number of benzene rings is 2. The van der Waals surface area contributed by atoms with Crippen molar-refractivity contribution in [3.63, 3.8) is 0 Å². The monoisotopic (exact) mass is 298 g/mol. The molecule has 2 aromatic rings. The summed E-state index contributed by atoms with van der Waals surface area (Å²) in [6.45, 7) is 0.433. The number of cyclic esters (lactones) is 1. The van der Waals surface area contributed by atoms with Crippen LogP contribution in [0, 0.1) is 11.8 Å². The summed E-state index contributed by atoms with van der Waals surface area (Å²) in [4.78, 5) is 12.0. The molecule has 0 spiro atoms. The molecule has 1 aliphatic rings. The lowest BCUT2D eigenvalue weighted by Gasteiger charge is -2.15. The summed E-state index contributed by atoms with van der Waals surface area (Å²) in [6, 6.07) is 14.0. The molecule has 2 atom stereocenters. The highest BCUT2D eigenvalue weighted by molar-refractivity contribution is 5.75. The van der Waals surface area contributed by atoms with Gasteiger partial charge in [-0.3, -0.25) is 4.79 Å². The molecular weight excluding hydrogens is 280 g/mol. The van der Waals surface area contributed by atoms with Gasteiger partial charge in [-0.2, -0.15) is 0 Å². The van der Waals surface area contributed by atoms with E-state index in [9.17, 15) is 15.0 Å². The number of carbonyl (C=O) groups excluding carboxylic acids is 1. The van der Waals surface area contributed by atoms with E-state index in [-0.39, 0.29) is 29.3 Å². The molecule has 1 aliphatic heterocycles. The van der Waals surface area contributed by atoms with Crippen molar-refractivity contribution < 1.29 is 19.7 Å². The van der Waals surface area contributed by atoms with Crippen molar-refractivity contribution in [2.45, 2.75) is 12.8 Å². The van der Waals surface area contributed by atoms with Crippen LogP contribution >= 0.6 is 0 Å². The molecular formula is C18H18O4. The standard InChI is InChI=1S/C18H18O4/c19-15-5-1-12(2-6-15)9-14-11-22-18(21)17(14)10-13-3-7-16(20)8-4-13/h1-8,14,17,19-20H,9-11H2. The summed E-state index contributed by atoms with van der Waals surface area (Å²) in [7, 11) is 0. The molecule has 114 valence electrons. The quantitative estimate of drug-likeness (QED) is 0.852. The molecule has 22 heavy (non-hydrogen) atoms. The van der Waals surface area contributed by atoms with E-state index in [4.69, 9.17) is 4.74 Å². The zero-order chi connectivity index (χ0) is 15.5. The lowest BCUT2D eigenvalue weighted by atomic mass is 9.85. The molecule has 1 saturated heterocycles. The second kappa shape index (κ2) is 6.10. The van der Waals surface area contributed by atoms with Crippen LogP contribution in [0.2, 0.25) is 0 Å². The molecule has 2 unspecified atom stereocenters. The number of ether oxygens (including phenoxy) is 1. The molecule has 0 aliphatic carbocycles. The molecule has 1 heterocycles. The van der Waals surface area contributed by atoms with Gasteiger partial charge in [-0.05, 0) is 48.2 Å². The number of hydrogen-bond donors (Lipinski definition) is 2. The average Bonchev–Trinajstić information content (AvgIpc) is 2.85. The van der Waals surface area contributed by atoms with E-state index in [0.717, 1.165) is 17.5 Å². The molecule has 1 fully saturated rings. The molecule has 2 aromatic carbocycles. The predicted molar refractivity (Wildman–Crippen MR) is 81.6 cm³/mol. The van der Waals surface area contributed by atoms with Gasteiger partial charge in [0.15, 0.2) is 0 Å². The Bertz CT molecular complexity index is 646. The zero-order valence-corrected chi connectivity index (χ0v) is 12.1. The first-order valence-corrected chi connectivity index (χ1v) is 7.34. The van der Waals surface area contributed by atoms with Gasteiger partial charge in [0.1, 0.15) is 11.5 Å². The summed E-state index contributed by atoms with van der Waals surface area (Å²) >= 11 is 0. The lowest BCUT2D eigenvalue weighted by Crippen LogP contribution is -2.20. The minimum atomic E-state index is -0.168. The number of esters is 1. The van der Waals surface area contributed by atoms with Gasteiger partial charge in [0, 0.05) is 5.92 Å². The van der Waals surface area contributed by atoms with Crippen LogP contribution in [0.25, 0.3) is 0 Å². The zero-order valence-electron chi connectivity index (χ0n) is 12.1. The second-order valence-electron chi connectivity index (χ2n) is 5.74. The number of hydrogen-bond acceptors (Lipinski definition) is 4. The minimum absolute atomic E-state index is 0.130. The van der Waals surface area contributed by atoms with Crippen LogP contribution in [-0.2, 0) is 22.4 Å². The van der Waals surface area contributed by atoms with Crippen molar-refractivity contribution in [2.75, 3.05) is 6.61 Å². The SMILES string of the molecule is O=C1OCC(Cc2ccc(O)cc2)C1Cc1ccc(O)cc1. The van der Waals surface area contributed by atoms with Gasteiger partial charge < -0.3 is 14.9 Å². The fourth-order valence-corrected chi connectivity index (χ4v) is 2.88. The van der Waals surface area contributed by atoms with Crippen molar-refractivity contribution in [1.29, 1.82) is 0 Å². The van der Waals surface area contributed by atoms with Crippen LogP contribution in [0.1, 0.15) is 11.1 Å². The Balaban J connectivity index is 1.71. The van der Waals surface area contributed by atoms with E-state index in [0.29, 0.717) is 13.0 Å². The minimum Gasteiger partial charge on any atom is -0.508 e. The van der Waals surface area contributed by atoms with Gasteiger partial charge in [-0.15, -0.1) is 0 Å². The topological polar surface area (TPSA) is 66.8 Å². The van der Waals surface area contributed by atoms with Crippen LogP contribution in [0.3, 0.4) is 0 Å². The van der Waals surface area contributed by atoms with Crippen LogP contribution in [0.15, 0.2) is 48.5 Å². The number of phenolic OH excluding ortho intramolecular Hbond substituents is 2. The second-order valence-corrected chi connectivity index (χ2v) is 5.74. The Kier molecular flexibility index (Phi) is 4.00. The van der Waals surface area contributed by atoms with Crippen LogP contribution in [-0.4, -0.2) is 22.8 Å². The summed E-state index contributed by atoms with van der Waals surface area (Å²) < 4.78 is 5.23. The van der Waals surface area contributed by atoms with Gasteiger partial charge in [0.25, 0.3) is 0 Å². The summed E-state index contributed by atoms with van der Waals surface area (Å²) in [6.07, 6.45) is 1.36. The summed E-state index contributed by atoms with van der Waals surface area (Å²) in [5.41, 5.74) is 2.09. The average molecular weight is 298 g/mol. The van der Waals surface area contributed by atoms with Gasteiger partial charge >= 0.3 is 5.97 Å². The van der Waals surface area contributed by atoms with E-state index < -0.39 is 0 Å². The normalized spacial score (nSPS) is 20.8. The Morgan fingerprint density at radius 3 is 1.91 bits per heavy atom. The summed E-state index contributed by atoms with van der Waals surface area (Å²) in [5, 5.41) is 18.7. The lowest BCUT2D eigenvalue weighted by molar-refractivity contribution is -0.141. The van der Waals surface area contributed by atoms with Gasteiger partial charge in [-0.1, -0.05) is 24.3 Å². The van der Waals surface area contributed by atoms with Gasteiger partial charge in [-0.25, -0.2) is 0 Å². The highest BCUT2D eigenvalue weighted by Gasteiger charge is 2.36. The Morgan fingerprint density at radius 1 is 0.864 bits per heavy atom. The van der Waals surface area contributed by atoms with E-state index in [1.165, 1.54) is 0 Å². The number of rotatable bonds is 4. The maximum Gasteiger partial charge on any atom is 0.309 e. The number of carbonyl (C=O) groups is 1. The van der Waals surface area contributed by atoms with E-state index >= 15 is 0 Å². The molecule has 0 amide bonds. The number of aromatic hydroxyl groups is 2. The van der Waals surface area contributed by atoms with Crippen molar-refractivity contribution in [1.82, 2.24) is 0 Å². The fourth-order valence-electron chi connectivity index (χ4n) is 2.88. The maximum absolute atomic E-state index is 12.0. The summed E-state index contributed by atoms with van der Waals surface area (Å²) in [5.74, 6) is 0.266. The highest BCUT2D eigenvalue weighted by atomic mass is 16.5. The highest BCUT2D eigenvalue weighted by Crippen LogP contribution is 2.29. The fraction of sp³-hybridized carbons (Fsp3) is 0.278. The molecule has 0 bridgehead atoms. The third kappa shape index (κ3) is 3.22. The number of phenols is 2. The predicted octanol–water partition coefficient (Wildman–Crippen LogP) is 2.67. The van der Waals surface area contributed by atoms with Gasteiger partial charge in [0.2, 0.25) is 0 Å². The van der Waals surface area contributed by atoms with Gasteiger partial charge in [0.05, 0.1) is 12.5 Å². The molecule has 0 saturated carbocycles. The molecule has 4 nitrogen and oxygen atoms in total. The van der Waals surface area contributed by atoms with Crippen molar-refractivity contribution in [3.05, 3.63) is 59.7 Å². The molecule has 0 aromatic heterocycles. The third-order valence-electron chi connectivity index (χ3n) is 4.14. The molecule has 4 heteroatoms. The van der Waals surface area contributed by atoms with Crippen LogP contribution < -0.4 is 0 Å². The first-order chi connectivity index (χ1) is 10.6. The Morgan fingerprint density at radius 2 is 1.36 bits per heavy atom. The first kappa shape index (κ1) is 14.4. The Hall–Kier alpha value is -2.49. The smallest absolute Gasteiger partial charge is 0.309 e. The Labute approximate surface area is 129 Å². The largest absolute Gasteiger partial charge is 0.508 e. The van der Waals surface area contributed by atoms with Crippen molar-refractivity contribution >= 4 is 5.97 Å². The van der Waals surface area contributed by atoms with Crippen molar-refractivity contribution in [3.8, 4) is 11.5 Å². The van der Waals surface area contributed by atoms with E-state index in [1.54, 1.807) is 24.3 Å². The molecule has 0 radical (unpaired) electrons. The maximum atomic E-state index is 12.0. The first-order valence-electron chi connectivity index (χ1n) is 7.34. The van der Waals surface area contributed by atoms with E-state index in [1.807, 2.05) is 24.3 Å². The molecule has 2 N–H and O–H groups in total. The molecule has 3 rings (SSSR count). The van der Waals surface area contributed by atoms with Crippen LogP contribution in [0.5, 0.6) is 11.5 Å². The third-order valence-corrected chi connectivity index (χ3v) is 4.14. The van der Waals surface area contributed by atoms with Crippen LogP contribution in [0.4, 0.5) is 0 Å².